The Kier molecular flexibility index (Phi) is 6.28. The molecule has 4 nitrogen and oxygen atoms in total. The van der Waals surface area contributed by atoms with E-state index in [0.29, 0.717) is 6.54 Å². The van der Waals surface area contributed by atoms with Gasteiger partial charge in [-0.25, -0.2) is 4.79 Å². The van der Waals surface area contributed by atoms with Crippen LogP contribution >= 0.6 is 0 Å². The van der Waals surface area contributed by atoms with Crippen LogP contribution in [0.4, 0.5) is 0 Å². The van der Waals surface area contributed by atoms with Crippen molar-refractivity contribution in [1.82, 2.24) is 5.48 Å². The minimum Gasteiger partial charge on any atom is -0.370 e. The summed E-state index contributed by atoms with van der Waals surface area (Å²) in [7, 11) is 0. The van der Waals surface area contributed by atoms with Gasteiger partial charge in [0, 0.05) is 6.54 Å². The third-order valence-electron chi connectivity index (χ3n) is 1.21. The first-order valence-corrected chi connectivity index (χ1v) is 4.08. The first kappa shape index (κ1) is 11.1. The van der Waals surface area contributed by atoms with Crippen LogP contribution in [0.1, 0.15) is 33.1 Å². The molecular weight excluding hydrogens is 158 g/mol. The van der Waals surface area contributed by atoms with E-state index in [2.05, 4.69) is 10.3 Å². The molecule has 0 bridgehead atoms. The average molecular weight is 173 g/mol. The van der Waals surface area contributed by atoms with Crippen molar-refractivity contribution in [2.75, 3.05) is 6.54 Å². The number of rotatable bonds is 6. The average Bonchev–Trinajstić information content (AvgIpc) is 1.97. The molecule has 0 atom stereocenters. The molecule has 70 valence electrons. The van der Waals surface area contributed by atoms with E-state index in [1.54, 1.807) is 0 Å². The maximum atomic E-state index is 10.7. The lowest BCUT2D eigenvalue weighted by atomic mass is 10.3. The minimum atomic E-state index is -0.515. The SMILES string of the molecule is CCCCNOC(=O)CC(C)=O. The molecular formula is C8H15NO3. The number of Topliss-reactive ketones (excluding diaryl/α,β-unsaturated/α-hetero) is 1. The lowest BCUT2D eigenvalue weighted by molar-refractivity contribution is -0.152. The fourth-order valence-corrected chi connectivity index (χ4v) is 0.620. The van der Waals surface area contributed by atoms with Crippen molar-refractivity contribution in [2.45, 2.75) is 33.1 Å². The predicted molar refractivity (Wildman–Crippen MR) is 44.3 cm³/mol. The summed E-state index contributed by atoms with van der Waals surface area (Å²) in [6, 6.07) is 0. The largest absolute Gasteiger partial charge is 0.370 e. The molecule has 0 aromatic heterocycles. The number of hydrogen-bond donors (Lipinski definition) is 1. The monoisotopic (exact) mass is 173 g/mol. The fourth-order valence-electron chi connectivity index (χ4n) is 0.620. The normalized spacial score (nSPS) is 9.50. The lowest BCUT2D eigenvalue weighted by Crippen LogP contribution is -2.22. The van der Waals surface area contributed by atoms with E-state index in [4.69, 9.17) is 0 Å². The van der Waals surface area contributed by atoms with E-state index in [1.807, 2.05) is 6.92 Å². The van der Waals surface area contributed by atoms with Crippen LogP contribution in [0.15, 0.2) is 0 Å². The molecule has 0 saturated heterocycles. The van der Waals surface area contributed by atoms with Crippen LogP contribution in [0.25, 0.3) is 0 Å². The van der Waals surface area contributed by atoms with Crippen molar-refractivity contribution in [1.29, 1.82) is 0 Å². The van der Waals surface area contributed by atoms with Crippen LogP contribution in [0.2, 0.25) is 0 Å². The third kappa shape index (κ3) is 7.21. The molecule has 0 unspecified atom stereocenters. The highest BCUT2D eigenvalue weighted by Gasteiger charge is 2.05. The predicted octanol–water partition coefficient (Wildman–Crippen LogP) is 0.813. The lowest BCUT2D eigenvalue weighted by Gasteiger charge is -2.02. The van der Waals surface area contributed by atoms with Gasteiger partial charge in [0.05, 0.1) is 0 Å². The zero-order valence-electron chi connectivity index (χ0n) is 7.55. The Morgan fingerprint density at radius 2 is 2.08 bits per heavy atom. The molecule has 0 amide bonds. The Hall–Kier alpha value is -0.900. The fraction of sp³-hybridized carbons (Fsp3) is 0.750. The summed E-state index contributed by atoms with van der Waals surface area (Å²) in [6.07, 6.45) is 1.84. The summed E-state index contributed by atoms with van der Waals surface area (Å²) in [5, 5.41) is 0. The van der Waals surface area contributed by atoms with Crippen molar-refractivity contribution >= 4 is 11.8 Å². The molecule has 1 N–H and O–H groups in total. The van der Waals surface area contributed by atoms with Crippen LogP contribution < -0.4 is 5.48 Å². The minimum absolute atomic E-state index is 0.154. The van der Waals surface area contributed by atoms with Gasteiger partial charge >= 0.3 is 5.97 Å². The Bertz CT molecular complexity index is 156. The number of hydrogen-bond acceptors (Lipinski definition) is 4. The molecule has 0 radical (unpaired) electrons. The Morgan fingerprint density at radius 3 is 2.58 bits per heavy atom. The first-order valence-electron chi connectivity index (χ1n) is 4.08. The Balaban J connectivity index is 3.26. The molecule has 0 aromatic rings. The number of ketones is 1. The van der Waals surface area contributed by atoms with Crippen molar-refractivity contribution < 1.29 is 14.4 Å². The zero-order chi connectivity index (χ0) is 9.40. The molecule has 12 heavy (non-hydrogen) atoms. The number of nitrogens with one attached hydrogen (secondary N) is 1. The summed E-state index contributed by atoms with van der Waals surface area (Å²) in [5.41, 5.74) is 2.49. The van der Waals surface area contributed by atoms with E-state index >= 15 is 0 Å². The second-order valence-corrected chi connectivity index (χ2v) is 2.60. The molecule has 0 spiro atoms. The van der Waals surface area contributed by atoms with Gasteiger partial charge in [-0.05, 0) is 13.3 Å². The van der Waals surface area contributed by atoms with Crippen molar-refractivity contribution in [3.05, 3.63) is 0 Å². The smallest absolute Gasteiger partial charge is 0.332 e. The summed E-state index contributed by atoms with van der Waals surface area (Å²) >= 11 is 0. The number of carbonyl (C=O) groups excluding carboxylic acids is 2. The first-order chi connectivity index (χ1) is 5.66. The van der Waals surface area contributed by atoms with Crippen LogP contribution in [0.5, 0.6) is 0 Å². The van der Waals surface area contributed by atoms with E-state index < -0.39 is 5.97 Å². The molecule has 0 aliphatic heterocycles. The van der Waals surface area contributed by atoms with Crippen molar-refractivity contribution in [3.63, 3.8) is 0 Å². The molecule has 0 fully saturated rings. The van der Waals surface area contributed by atoms with Crippen molar-refractivity contribution in [3.8, 4) is 0 Å². The van der Waals surface area contributed by atoms with Gasteiger partial charge in [0.25, 0.3) is 0 Å². The van der Waals surface area contributed by atoms with Crippen molar-refractivity contribution in [2.24, 2.45) is 0 Å². The molecule has 4 heteroatoms. The summed E-state index contributed by atoms with van der Waals surface area (Å²) in [6.45, 7) is 4.03. The van der Waals surface area contributed by atoms with Gasteiger partial charge in [-0.3, -0.25) is 4.79 Å². The maximum Gasteiger partial charge on any atom is 0.332 e. The highest BCUT2D eigenvalue weighted by atomic mass is 16.7. The van der Waals surface area contributed by atoms with Gasteiger partial charge in [-0.1, -0.05) is 13.3 Å². The highest BCUT2D eigenvalue weighted by Crippen LogP contribution is 1.86. The maximum absolute atomic E-state index is 10.7. The topological polar surface area (TPSA) is 55.4 Å². The molecule has 0 aliphatic carbocycles. The van der Waals surface area contributed by atoms with E-state index in [0.717, 1.165) is 12.8 Å². The quantitative estimate of drug-likeness (QED) is 0.367. The molecule has 0 saturated carbocycles. The molecule has 0 aliphatic rings. The Labute approximate surface area is 72.2 Å². The third-order valence-corrected chi connectivity index (χ3v) is 1.21. The number of unbranched alkanes of at least 4 members (excludes halogenated alkanes) is 1. The molecule has 0 aromatic carbocycles. The van der Waals surface area contributed by atoms with E-state index in [-0.39, 0.29) is 12.2 Å². The van der Waals surface area contributed by atoms with Gasteiger partial charge in [0.1, 0.15) is 12.2 Å². The van der Waals surface area contributed by atoms with E-state index in [9.17, 15) is 9.59 Å². The van der Waals surface area contributed by atoms with Crippen LogP contribution in [0.3, 0.4) is 0 Å². The number of hydroxylamine groups is 1. The summed E-state index contributed by atoms with van der Waals surface area (Å²) in [5.74, 6) is -0.698. The van der Waals surface area contributed by atoms with Gasteiger partial charge in [0.15, 0.2) is 0 Å². The zero-order valence-corrected chi connectivity index (χ0v) is 7.55. The van der Waals surface area contributed by atoms with Crippen LogP contribution in [0, 0.1) is 0 Å². The second-order valence-electron chi connectivity index (χ2n) is 2.60. The van der Waals surface area contributed by atoms with Crippen LogP contribution in [-0.4, -0.2) is 18.3 Å². The van der Waals surface area contributed by atoms with Gasteiger partial charge in [-0.15, -0.1) is 0 Å². The Morgan fingerprint density at radius 1 is 1.42 bits per heavy atom. The standard InChI is InChI=1S/C8H15NO3/c1-3-4-5-9-12-8(11)6-7(2)10/h9H,3-6H2,1-2H3. The van der Waals surface area contributed by atoms with Gasteiger partial charge < -0.3 is 4.84 Å². The van der Waals surface area contributed by atoms with Gasteiger partial charge in [-0.2, -0.15) is 5.48 Å². The van der Waals surface area contributed by atoms with Crippen LogP contribution in [-0.2, 0) is 14.4 Å². The number of carbonyl (C=O) groups is 2. The molecule has 0 heterocycles. The summed E-state index contributed by atoms with van der Waals surface area (Å²) < 4.78 is 0. The van der Waals surface area contributed by atoms with E-state index in [1.165, 1.54) is 6.92 Å². The highest BCUT2D eigenvalue weighted by molar-refractivity contribution is 5.93. The molecule has 0 rings (SSSR count). The van der Waals surface area contributed by atoms with Gasteiger partial charge in [0.2, 0.25) is 0 Å². The summed E-state index contributed by atoms with van der Waals surface area (Å²) in [4.78, 5) is 25.7. The second kappa shape index (κ2) is 6.79.